The number of rotatable bonds is 5. The fraction of sp³-hybridized carbons (Fsp3) is 0.750. The second-order valence-electron chi connectivity index (χ2n) is 6.08. The fourth-order valence-corrected chi connectivity index (χ4v) is 3.68. The number of allylic oxidation sites excluding steroid dienone is 4. The Hall–Kier alpha value is -0.560. The monoisotopic (exact) mass is 234 g/mol. The van der Waals surface area contributed by atoms with Crippen molar-refractivity contribution in [3.8, 4) is 0 Å². The minimum Gasteiger partial charge on any atom is -0.324 e. The highest BCUT2D eigenvalue weighted by molar-refractivity contribution is 5.10. The summed E-state index contributed by atoms with van der Waals surface area (Å²) in [5.74, 6) is 0.814. The summed E-state index contributed by atoms with van der Waals surface area (Å²) >= 11 is 0. The lowest BCUT2D eigenvalue weighted by atomic mass is 9.95. The van der Waals surface area contributed by atoms with Gasteiger partial charge in [-0.2, -0.15) is 0 Å². The summed E-state index contributed by atoms with van der Waals surface area (Å²) in [4.78, 5) is 0. The van der Waals surface area contributed by atoms with Gasteiger partial charge in [0.15, 0.2) is 0 Å². The molecule has 1 heteroatoms. The molecule has 17 heavy (non-hydrogen) atoms. The van der Waals surface area contributed by atoms with Crippen LogP contribution in [0, 0.1) is 5.92 Å². The van der Waals surface area contributed by atoms with Crippen molar-refractivity contribution in [2.24, 2.45) is 5.92 Å². The molecule has 2 rings (SSSR count). The van der Waals surface area contributed by atoms with Crippen LogP contribution in [0.2, 0.25) is 0 Å². The molecule has 0 bridgehead atoms. The summed E-state index contributed by atoms with van der Waals surface area (Å²) in [6.07, 6.45) is 17.4. The van der Waals surface area contributed by atoms with Gasteiger partial charge in [0.2, 0.25) is 0 Å². The van der Waals surface area contributed by atoms with Crippen molar-refractivity contribution in [3.63, 3.8) is 0 Å². The summed E-state index contributed by atoms with van der Waals surface area (Å²) < 4.78 is 1.35. The maximum Gasteiger partial charge on any atom is 0.0887 e. The summed E-state index contributed by atoms with van der Waals surface area (Å²) in [5.41, 5.74) is 0. The van der Waals surface area contributed by atoms with E-state index in [1.54, 1.807) is 0 Å². The average molecular weight is 234 g/mol. The minimum atomic E-state index is 0.814. The van der Waals surface area contributed by atoms with Crippen molar-refractivity contribution in [2.45, 2.75) is 51.5 Å². The molecular weight excluding hydrogens is 206 g/mol. The second-order valence-corrected chi connectivity index (χ2v) is 6.08. The average Bonchev–Trinajstić information content (AvgIpc) is 2.72. The summed E-state index contributed by atoms with van der Waals surface area (Å²) in [6, 6.07) is 0.941. The van der Waals surface area contributed by atoms with E-state index in [-0.39, 0.29) is 0 Å². The Kier molecular flexibility index (Phi) is 4.44. The predicted molar refractivity (Wildman–Crippen MR) is 74.9 cm³/mol. The van der Waals surface area contributed by atoms with Crippen molar-refractivity contribution in [2.75, 3.05) is 20.1 Å². The Bertz CT molecular complexity index is 292. The van der Waals surface area contributed by atoms with Gasteiger partial charge in [-0.3, -0.25) is 0 Å². The maximum atomic E-state index is 2.48. The molecule has 0 spiro atoms. The number of hydrogen-bond acceptors (Lipinski definition) is 0. The molecule has 0 amide bonds. The second kappa shape index (κ2) is 5.86. The summed E-state index contributed by atoms with van der Waals surface area (Å²) in [5, 5.41) is 0. The molecular formula is C16H28N+. The minimum absolute atomic E-state index is 0.814. The van der Waals surface area contributed by atoms with Crippen LogP contribution in [0.3, 0.4) is 0 Å². The van der Waals surface area contributed by atoms with Gasteiger partial charge in [0, 0.05) is 12.8 Å². The van der Waals surface area contributed by atoms with Crippen molar-refractivity contribution < 1.29 is 4.48 Å². The Balaban J connectivity index is 1.74. The first-order valence-electron chi connectivity index (χ1n) is 7.42. The van der Waals surface area contributed by atoms with E-state index >= 15 is 0 Å². The van der Waals surface area contributed by atoms with Crippen LogP contribution in [-0.2, 0) is 0 Å². The number of likely N-dealkylation sites (tertiary alicyclic amines) is 1. The van der Waals surface area contributed by atoms with Crippen LogP contribution in [0.15, 0.2) is 24.3 Å². The van der Waals surface area contributed by atoms with Gasteiger partial charge in [0.1, 0.15) is 0 Å². The fourth-order valence-electron chi connectivity index (χ4n) is 3.68. The zero-order chi connectivity index (χ0) is 12.1. The Labute approximate surface area is 107 Å². The topological polar surface area (TPSA) is 0 Å². The molecule has 1 aliphatic heterocycles. The standard InChI is InChI=1S/C16H28N/c1-3-16-12-8-14-17(16,2)13-7-11-15-9-5-4-6-10-15/h4-6,9,15-16H,3,7-8,10-14H2,1-2H3/q+1/t15?,16-,17?/m1/s1. The molecule has 2 aliphatic rings. The molecule has 1 saturated heterocycles. The highest BCUT2D eigenvalue weighted by atomic mass is 15.4. The zero-order valence-electron chi connectivity index (χ0n) is 11.6. The third-order valence-corrected chi connectivity index (χ3v) is 4.87. The van der Waals surface area contributed by atoms with E-state index < -0.39 is 0 Å². The van der Waals surface area contributed by atoms with Gasteiger partial charge in [-0.25, -0.2) is 0 Å². The number of quaternary nitrogens is 1. The van der Waals surface area contributed by atoms with Crippen molar-refractivity contribution in [1.29, 1.82) is 0 Å². The van der Waals surface area contributed by atoms with Crippen LogP contribution in [0.4, 0.5) is 0 Å². The van der Waals surface area contributed by atoms with Crippen molar-refractivity contribution >= 4 is 0 Å². The third kappa shape index (κ3) is 3.22. The van der Waals surface area contributed by atoms with E-state index in [2.05, 4.69) is 38.3 Å². The highest BCUT2D eigenvalue weighted by Crippen LogP contribution is 2.28. The first-order chi connectivity index (χ1) is 8.24. The Morgan fingerprint density at radius 1 is 1.29 bits per heavy atom. The van der Waals surface area contributed by atoms with Crippen LogP contribution < -0.4 is 0 Å². The first kappa shape index (κ1) is 12.9. The SMILES string of the molecule is CC[C@@H]1CCC[N+]1(C)CCCC1C=CC=CC1. The molecule has 0 aromatic carbocycles. The number of nitrogens with zero attached hydrogens (tertiary/aromatic N) is 1. The van der Waals surface area contributed by atoms with E-state index in [9.17, 15) is 0 Å². The van der Waals surface area contributed by atoms with Gasteiger partial charge in [-0.05, 0) is 31.6 Å². The van der Waals surface area contributed by atoms with Gasteiger partial charge < -0.3 is 4.48 Å². The van der Waals surface area contributed by atoms with Crippen LogP contribution in [0.25, 0.3) is 0 Å². The molecule has 0 aromatic rings. The van der Waals surface area contributed by atoms with Crippen LogP contribution in [0.1, 0.15) is 45.4 Å². The van der Waals surface area contributed by atoms with Crippen LogP contribution in [0.5, 0.6) is 0 Å². The zero-order valence-corrected chi connectivity index (χ0v) is 11.6. The van der Waals surface area contributed by atoms with Gasteiger partial charge in [0.05, 0.1) is 26.2 Å². The normalized spacial score (nSPS) is 36.6. The molecule has 96 valence electrons. The van der Waals surface area contributed by atoms with Crippen molar-refractivity contribution in [1.82, 2.24) is 0 Å². The molecule has 0 N–H and O–H groups in total. The molecule has 1 aliphatic carbocycles. The summed E-state index contributed by atoms with van der Waals surface area (Å²) in [7, 11) is 2.48. The lowest BCUT2D eigenvalue weighted by Crippen LogP contribution is -2.48. The lowest BCUT2D eigenvalue weighted by Gasteiger charge is -2.36. The molecule has 1 heterocycles. The van der Waals surface area contributed by atoms with Gasteiger partial charge in [0.25, 0.3) is 0 Å². The Morgan fingerprint density at radius 2 is 2.18 bits per heavy atom. The predicted octanol–water partition coefficient (Wildman–Crippen LogP) is 3.92. The van der Waals surface area contributed by atoms with Crippen LogP contribution in [-0.4, -0.2) is 30.7 Å². The highest BCUT2D eigenvalue weighted by Gasteiger charge is 2.35. The molecule has 2 unspecified atom stereocenters. The largest absolute Gasteiger partial charge is 0.324 e. The quantitative estimate of drug-likeness (QED) is 0.633. The van der Waals surface area contributed by atoms with E-state index in [0.29, 0.717) is 0 Å². The van der Waals surface area contributed by atoms with E-state index in [4.69, 9.17) is 0 Å². The molecule has 1 fully saturated rings. The van der Waals surface area contributed by atoms with Crippen molar-refractivity contribution in [3.05, 3.63) is 24.3 Å². The first-order valence-corrected chi connectivity index (χ1v) is 7.42. The third-order valence-electron chi connectivity index (χ3n) is 4.87. The summed E-state index contributed by atoms with van der Waals surface area (Å²) in [6.45, 7) is 5.17. The smallest absolute Gasteiger partial charge is 0.0887 e. The van der Waals surface area contributed by atoms with E-state index in [0.717, 1.165) is 12.0 Å². The van der Waals surface area contributed by atoms with Gasteiger partial charge >= 0.3 is 0 Å². The molecule has 0 aromatic heterocycles. The van der Waals surface area contributed by atoms with E-state index in [1.807, 2.05) is 0 Å². The maximum absolute atomic E-state index is 2.48. The molecule has 0 radical (unpaired) electrons. The molecule has 0 saturated carbocycles. The van der Waals surface area contributed by atoms with Gasteiger partial charge in [-0.15, -0.1) is 0 Å². The van der Waals surface area contributed by atoms with E-state index in [1.165, 1.54) is 56.1 Å². The lowest BCUT2D eigenvalue weighted by molar-refractivity contribution is -0.921. The number of hydrogen-bond donors (Lipinski definition) is 0. The van der Waals surface area contributed by atoms with Gasteiger partial charge in [-0.1, -0.05) is 31.2 Å². The molecule has 3 atom stereocenters. The molecule has 1 nitrogen and oxygen atoms in total. The van der Waals surface area contributed by atoms with Crippen LogP contribution >= 0.6 is 0 Å². The Morgan fingerprint density at radius 3 is 2.88 bits per heavy atom.